The smallest absolute Gasteiger partial charge is 0.319 e. The molecule has 1 fully saturated rings. The van der Waals surface area contributed by atoms with Gasteiger partial charge in [0, 0.05) is 17.6 Å². The summed E-state index contributed by atoms with van der Waals surface area (Å²) < 4.78 is 5.20. The quantitative estimate of drug-likeness (QED) is 0.881. The predicted octanol–water partition coefficient (Wildman–Crippen LogP) is 3.86. The largest absolute Gasteiger partial charge is 0.497 e. The van der Waals surface area contributed by atoms with Gasteiger partial charge in [0.1, 0.15) is 5.75 Å². The van der Waals surface area contributed by atoms with Crippen LogP contribution in [0, 0.1) is 6.92 Å². The van der Waals surface area contributed by atoms with Gasteiger partial charge in [0.15, 0.2) is 0 Å². The van der Waals surface area contributed by atoms with E-state index in [9.17, 15) is 4.79 Å². The third-order valence-corrected chi connectivity index (χ3v) is 4.45. The van der Waals surface area contributed by atoms with Gasteiger partial charge in [0.25, 0.3) is 0 Å². The molecule has 120 valence electrons. The molecule has 0 aliphatic heterocycles. The normalized spacial score (nSPS) is 14.9. The van der Waals surface area contributed by atoms with Crippen molar-refractivity contribution >= 4 is 11.7 Å². The molecule has 2 amide bonds. The Balaban J connectivity index is 1.56. The van der Waals surface area contributed by atoms with E-state index >= 15 is 0 Å². The summed E-state index contributed by atoms with van der Waals surface area (Å²) in [6, 6.07) is 15.7. The van der Waals surface area contributed by atoms with Crippen LogP contribution in [0.4, 0.5) is 10.5 Å². The van der Waals surface area contributed by atoms with Crippen LogP contribution in [0.5, 0.6) is 5.75 Å². The van der Waals surface area contributed by atoms with Crippen molar-refractivity contribution in [3.05, 3.63) is 59.7 Å². The highest BCUT2D eigenvalue weighted by Crippen LogP contribution is 2.47. The molecule has 23 heavy (non-hydrogen) atoms. The third kappa shape index (κ3) is 3.65. The third-order valence-electron chi connectivity index (χ3n) is 4.45. The Morgan fingerprint density at radius 3 is 2.30 bits per heavy atom. The summed E-state index contributed by atoms with van der Waals surface area (Å²) in [5.41, 5.74) is 3.32. The molecular weight excluding hydrogens is 288 g/mol. The number of anilines is 1. The maximum absolute atomic E-state index is 12.1. The second kappa shape index (κ2) is 6.32. The van der Waals surface area contributed by atoms with Gasteiger partial charge in [-0.15, -0.1) is 0 Å². The summed E-state index contributed by atoms with van der Waals surface area (Å²) in [6.45, 7) is 2.67. The number of ether oxygens (including phenoxy) is 1. The molecule has 3 rings (SSSR count). The summed E-state index contributed by atoms with van der Waals surface area (Å²) >= 11 is 0. The van der Waals surface area contributed by atoms with Gasteiger partial charge >= 0.3 is 6.03 Å². The van der Waals surface area contributed by atoms with E-state index in [0.717, 1.165) is 24.3 Å². The van der Waals surface area contributed by atoms with Gasteiger partial charge in [-0.1, -0.05) is 29.8 Å². The Kier molecular flexibility index (Phi) is 4.24. The van der Waals surface area contributed by atoms with Crippen LogP contribution in [0.1, 0.15) is 24.0 Å². The van der Waals surface area contributed by atoms with Crippen LogP contribution in [0.25, 0.3) is 0 Å². The first kappa shape index (κ1) is 15.4. The fraction of sp³-hybridized carbons (Fsp3) is 0.316. The number of rotatable bonds is 5. The van der Waals surface area contributed by atoms with Crippen LogP contribution >= 0.6 is 0 Å². The number of carbonyl (C=O) groups is 1. The minimum Gasteiger partial charge on any atom is -0.497 e. The van der Waals surface area contributed by atoms with E-state index in [-0.39, 0.29) is 11.4 Å². The van der Waals surface area contributed by atoms with Gasteiger partial charge in [0.2, 0.25) is 0 Å². The van der Waals surface area contributed by atoms with E-state index in [1.807, 2.05) is 43.3 Å². The molecule has 2 aromatic carbocycles. The van der Waals surface area contributed by atoms with Crippen molar-refractivity contribution in [2.45, 2.75) is 25.2 Å². The lowest BCUT2D eigenvalue weighted by Gasteiger charge is -2.17. The first-order chi connectivity index (χ1) is 11.1. The molecule has 0 atom stereocenters. The zero-order chi connectivity index (χ0) is 16.3. The number of nitrogens with one attached hydrogen (secondary N) is 2. The highest BCUT2D eigenvalue weighted by molar-refractivity contribution is 5.89. The van der Waals surface area contributed by atoms with E-state index in [2.05, 4.69) is 22.8 Å². The minimum absolute atomic E-state index is 0.0802. The summed E-state index contributed by atoms with van der Waals surface area (Å²) in [4.78, 5) is 12.1. The van der Waals surface area contributed by atoms with Crippen molar-refractivity contribution in [1.29, 1.82) is 0 Å². The van der Waals surface area contributed by atoms with Gasteiger partial charge in [-0.05, 0) is 49.6 Å². The standard InChI is InChI=1S/C19H22N2O2/c1-14-3-7-16(8-4-14)21-18(22)20-13-19(11-12-19)15-5-9-17(23-2)10-6-15/h3-10H,11-13H2,1-2H3,(H2,20,21,22). The molecular formula is C19H22N2O2. The second-order valence-corrected chi connectivity index (χ2v) is 6.18. The highest BCUT2D eigenvalue weighted by atomic mass is 16.5. The number of methoxy groups -OCH3 is 1. The number of hydrogen-bond acceptors (Lipinski definition) is 2. The molecule has 4 heteroatoms. The van der Waals surface area contributed by atoms with E-state index in [1.165, 1.54) is 11.1 Å². The monoisotopic (exact) mass is 310 g/mol. The number of benzene rings is 2. The molecule has 0 heterocycles. The average molecular weight is 310 g/mol. The van der Waals surface area contributed by atoms with Crippen molar-refractivity contribution in [2.75, 3.05) is 19.0 Å². The van der Waals surface area contributed by atoms with Gasteiger partial charge in [-0.3, -0.25) is 0 Å². The van der Waals surface area contributed by atoms with E-state index in [0.29, 0.717) is 6.54 Å². The van der Waals surface area contributed by atoms with E-state index < -0.39 is 0 Å². The SMILES string of the molecule is COc1ccc(C2(CNC(=O)Nc3ccc(C)cc3)CC2)cc1. The van der Waals surface area contributed by atoms with Gasteiger partial charge in [0.05, 0.1) is 7.11 Å². The lowest BCUT2D eigenvalue weighted by molar-refractivity contribution is 0.251. The number of urea groups is 1. The first-order valence-electron chi connectivity index (χ1n) is 7.87. The summed E-state index contributed by atoms with van der Waals surface area (Å²) in [6.07, 6.45) is 2.20. The number of aryl methyl sites for hydroxylation is 1. The first-order valence-corrected chi connectivity index (χ1v) is 7.87. The fourth-order valence-corrected chi connectivity index (χ4v) is 2.72. The summed E-state index contributed by atoms with van der Waals surface area (Å²) in [7, 11) is 1.67. The molecule has 2 aromatic rings. The van der Waals surface area contributed by atoms with E-state index in [1.54, 1.807) is 7.11 Å². The van der Waals surface area contributed by atoms with Gasteiger partial charge < -0.3 is 15.4 Å². The number of amides is 2. The Morgan fingerprint density at radius 2 is 1.74 bits per heavy atom. The maximum atomic E-state index is 12.1. The second-order valence-electron chi connectivity index (χ2n) is 6.18. The van der Waals surface area contributed by atoms with Crippen molar-refractivity contribution in [3.8, 4) is 5.75 Å². The topological polar surface area (TPSA) is 50.4 Å². The van der Waals surface area contributed by atoms with Crippen LogP contribution in [-0.4, -0.2) is 19.7 Å². The van der Waals surface area contributed by atoms with Crippen LogP contribution in [-0.2, 0) is 5.41 Å². The highest BCUT2D eigenvalue weighted by Gasteiger charge is 2.44. The average Bonchev–Trinajstić information content (AvgIpc) is 3.36. The van der Waals surface area contributed by atoms with Crippen molar-refractivity contribution in [1.82, 2.24) is 5.32 Å². The molecule has 1 aliphatic rings. The Bertz CT molecular complexity index is 674. The molecule has 1 saturated carbocycles. The van der Waals surface area contributed by atoms with Crippen molar-refractivity contribution in [3.63, 3.8) is 0 Å². The zero-order valence-electron chi connectivity index (χ0n) is 13.6. The fourth-order valence-electron chi connectivity index (χ4n) is 2.72. The van der Waals surface area contributed by atoms with E-state index in [4.69, 9.17) is 4.74 Å². The lowest BCUT2D eigenvalue weighted by Crippen LogP contribution is -2.35. The van der Waals surface area contributed by atoms with Crippen molar-refractivity contribution < 1.29 is 9.53 Å². The van der Waals surface area contributed by atoms with Crippen LogP contribution in [0.15, 0.2) is 48.5 Å². The van der Waals surface area contributed by atoms with Crippen LogP contribution < -0.4 is 15.4 Å². The Hall–Kier alpha value is -2.49. The maximum Gasteiger partial charge on any atom is 0.319 e. The summed E-state index contributed by atoms with van der Waals surface area (Å²) in [5, 5.41) is 5.86. The molecule has 0 unspecified atom stereocenters. The molecule has 0 spiro atoms. The van der Waals surface area contributed by atoms with Gasteiger partial charge in [-0.2, -0.15) is 0 Å². The predicted molar refractivity (Wildman–Crippen MR) is 92.1 cm³/mol. The summed E-state index contributed by atoms with van der Waals surface area (Å²) in [5.74, 6) is 0.856. The Labute approximate surface area is 136 Å². The zero-order valence-corrected chi connectivity index (χ0v) is 13.6. The molecule has 0 bridgehead atoms. The van der Waals surface area contributed by atoms with Crippen LogP contribution in [0.2, 0.25) is 0 Å². The molecule has 2 N–H and O–H groups in total. The molecule has 1 aliphatic carbocycles. The molecule has 0 aromatic heterocycles. The molecule has 0 radical (unpaired) electrons. The number of carbonyl (C=O) groups excluding carboxylic acids is 1. The Morgan fingerprint density at radius 1 is 1.09 bits per heavy atom. The van der Waals surface area contributed by atoms with Gasteiger partial charge in [-0.25, -0.2) is 4.79 Å². The van der Waals surface area contributed by atoms with Crippen LogP contribution in [0.3, 0.4) is 0 Å². The molecule has 0 saturated heterocycles. The van der Waals surface area contributed by atoms with Crippen molar-refractivity contribution in [2.24, 2.45) is 0 Å². The minimum atomic E-state index is -0.159. The lowest BCUT2D eigenvalue weighted by atomic mass is 9.96. The molecule has 4 nitrogen and oxygen atoms in total. The number of hydrogen-bond donors (Lipinski definition) is 2.